The van der Waals surface area contributed by atoms with Crippen molar-refractivity contribution < 1.29 is 73.3 Å². The number of carbonyl (C=O) groups excluding carboxylic acids is 3. The predicted octanol–water partition coefficient (Wildman–Crippen LogP) is 15.2. The number of nitro groups is 1. The number of ketones is 1. The number of aromatic hydroxyl groups is 3. The Morgan fingerprint density at radius 3 is 1.97 bits per heavy atom. The number of benzene rings is 7. The topological polar surface area (TPSA) is 294 Å². The highest BCUT2D eigenvalue weighted by Crippen LogP contribution is 2.39. The van der Waals surface area contributed by atoms with Crippen molar-refractivity contribution in [3.05, 3.63) is 246 Å². The number of non-ortho nitro benzene ring substituents is 1. The second-order valence-corrected chi connectivity index (χ2v) is 23.4. The SMILES string of the molecule is CC(=O)Oc1ccc(/C=C/c2cc(C)cc(OC(C)=O)c2)cc1.CCc1nc(C(C)C)c(/C=C/[C@@H](O)C[C@@H](O)CC(=O)O)c(-c2ccc(F)cc2)c1COC.Oc1ccc(/C=C/c2cc(O)cc(O)c2)cc1.[C-]#[N+]CCc1ccc2c(c1)-c1[nH]c3ccc([N+](=O)[O-])cc3c1CC(=O)C2. The maximum Gasteiger partial charge on any atom is 0.308 e. The number of aliphatic carboxylic acids is 1. The highest BCUT2D eigenvalue weighted by Gasteiger charge is 2.26. The number of nitrogens with one attached hydrogen (secondary N) is 1. The number of pyridine rings is 1. The molecule has 20 heteroatoms. The van der Waals surface area contributed by atoms with E-state index in [1.165, 1.54) is 50.3 Å². The first kappa shape index (κ1) is 74.0. The average molecular weight is 1330 g/mol. The number of hydrogen-bond donors (Lipinski definition) is 7. The zero-order valence-electron chi connectivity index (χ0n) is 55.3. The minimum absolute atomic E-state index is 0.0158. The maximum absolute atomic E-state index is 13.6. The normalized spacial score (nSPS) is 12.2. The van der Waals surface area contributed by atoms with Gasteiger partial charge in [0.25, 0.3) is 5.69 Å². The fraction of sp³-hybridized carbons (Fsp3) is 0.231. The third-order valence-corrected chi connectivity index (χ3v) is 15.2. The number of ether oxygens (including phenoxy) is 3. The Kier molecular flexibility index (Phi) is 26.7. The third kappa shape index (κ3) is 21.8. The summed E-state index contributed by atoms with van der Waals surface area (Å²) in [6.07, 6.45) is 9.96. The van der Waals surface area contributed by atoms with E-state index in [0.29, 0.717) is 49.5 Å². The quantitative estimate of drug-likeness (QED) is 0.00932. The van der Waals surface area contributed by atoms with Gasteiger partial charge in [-0.15, -0.1) is 0 Å². The molecular formula is C78H77FN4O15. The van der Waals surface area contributed by atoms with E-state index in [-0.39, 0.29) is 65.2 Å². The lowest BCUT2D eigenvalue weighted by molar-refractivity contribution is -0.384. The van der Waals surface area contributed by atoms with Crippen molar-refractivity contribution in [1.29, 1.82) is 0 Å². The molecule has 10 rings (SSSR count). The Morgan fingerprint density at radius 1 is 0.755 bits per heavy atom. The second-order valence-electron chi connectivity index (χ2n) is 23.4. The van der Waals surface area contributed by atoms with Gasteiger partial charge in [0.05, 0.1) is 41.5 Å². The molecule has 1 aliphatic rings. The number of carboxylic acids is 1. The van der Waals surface area contributed by atoms with Crippen molar-refractivity contribution in [2.24, 2.45) is 0 Å². The van der Waals surface area contributed by atoms with Gasteiger partial charge in [0.2, 0.25) is 6.54 Å². The van der Waals surface area contributed by atoms with Crippen LogP contribution in [0, 0.1) is 29.4 Å². The first-order valence-electron chi connectivity index (χ1n) is 31.4. The molecule has 0 fully saturated rings. The standard InChI is InChI=1S/C25H32FNO5.C20H15N3O3.C19H18O4.C14H12O3/c1-5-22-21(14-32-4)24(16-6-8-17(26)9-7-16)20(25(27-22)15(2)3)11-10-18(28)12-19(29)13-23(30)31;1-21-7-6-12-2-3-13-9-15(24)11-18-17-10-14(23(25)26)4-5-19(17)22-20(18)16(13)8-12;1-13-10-17(12-19(11-13)23-15(3)21)5-4-16-6-8-18(9-7-16)22-14(2)20;15-12-5-3-10(4-6-12)1-2-11-7-13(16)9-14(17)8-11/h6-11,15,18-19,28-29H,5,12-14H2,1-4H3,(H,30,31);2-5,8,10,22H,6-7,9,11H2;4-12H,1-3H3;1-9,15-17H/b11-10+;;5-4+;2-1+/t18-,19-;;;/m1.../s1. The van der Waals surface area contributed by atoms with Crippen molar-refractivity contribution >= 4 is 70.7 Å². The van der Waals surface area contributed by atoms with E-state index in [1.807, 2.05) is 88.4 Å². The molecule has 0 radical (unpaired) electrons. The Morgan fingerprint density at radius 2 is 1.38 bits per heavy atom. The van der Waals surface area contributed by atoms with Gasteiger partial charge >= 0.3 is 17.9 Å². The molecule has 0 spiro atoms. The number of carbonyl (C=O) groups is 4. The van der Waals surface area contributed by atoms with Gasteiger partial charge in [-0.05, 0) is 148 Å². The van der Waals surface area contributed by atoms with Crippen LogP contribution < -0.4 is 9.47 Å². The predicted molar refractivity (Wildman–Crippen MR) is 376 cm³/mol. The largest absolute Gasteiger partial charge is 0.508 e. The van der Waals surface area contributed by atoms with Crippen molar-refractivity contribution in [3.8, 4) is 51.1 Å². The number of Topliss-reactive ketones (excluding diaryl/α,β-unsaturated/α-hetero) is 1. The number of fused-ring (bicyclic) bond motifs is 5. The third-order valence-electron chi connectivity index (χ3n) is 15.2. The Labute approximate surface area is 567 Å². The molecule has 506 valence electrons. The highest BCUT2D eigenvalue weighted by molar-refractivity contribution is 6.00. The fourth-order valence-corrected chi connectivity index (χ4v) is 10.9. The van der Waals surface area contributed by atoms with E-state index in [1.54, 1.807) is 92.1 Å². The molecule has 7 N–H and O–H groups in total. The van der Waals surface area contributed by atoms with Gasteiger partial charge in [0.1, 0.15) is 40.3 Å². The number of aromatic amines is 1. The first-order chi connectivity index (χ1) is 46.8. The number of nitro benzene ring substituents is 1. The summed E-state index contributed by atoms with van der Waals surface area (Å²) in [5.41, 5.74) is 15.0. The van der Waals surface area contributed by atoms with Crippen LogP contribution >= 0.6 is 0 Å². The number of esters is 2. The van der Waals surface area contributed by atoms with Gasteiger partial charge in [-0.25, -0.2) is 11.0 Å². The van der Waals surface area contributed by atoms with Crippen LogP contribution in [0.15, 0.2) is 152 Å². The number of aryl methyl sites for hydroxylation is 2. The summed E-state index contributed by atoms with van der Waals surface area (Å²) in [6.45, 7) is 18.5. The lowest BCUT2D eigenvalue weighted by atomic mass is 9.88. The van der Waals surface area contributed by atoms with Crippen molar-refractivity contribution in [2.75, 3.05) is 13.7 Å². The van der Waals surface area contributed by atoms with Crippen molar-refractivity contribution in [1.82, 2.24) is 9.97 Å². The lowest BCUT2D eigenvalue weighted by Gasteiger charge is -2.22. The van der Waals surface area contributed by atoms with E-state index in [4.69, 9.17) is 36.0 Å². The van der Waals surface area contributed by atoms with Crippen LogP contribution in [0.25, 0.3) is 68.5 Å². The monoisotopic (exact) mass is 1330 g/mol. The number of aliphatic hydroxyl groups excluding tert-OH is 2. The Hall–Kier alpha value is -11.4. The van der Waals surface area contributed by atoms with Crippen LogP contribution in [-0.4, -0.2) is 95.1 Å². The maximum atomic E-state index is 13.6. The molecular weight excluding hydrogens is 1250 g/mol. The van der Waals surface area contributed by atoms with Crippen molar-refractivity contribution in [3.63, 3.8) is 0 Å². The van der Waals surface area contributed by atoms with Crippen LogP contribution in [0.1, 0.15) is 120 Å². The van der Waals surface area contributed by atoms with Gasteiger partial charge < -0.3 is 54.7 Å². The van der Waals surface area contributed by atoms with E-state index in [9.17, 15) is 54.1 Å². The molecule has 2 atom stereocenters. The minimum Gasteiger partial charge on any atom is -0.508 e. The molecule has 1 aliphatic carbocycles. The van der Waals surface area contributed by atoms with Gasteiger partial charge in [0.15, 0.2) is 0 Å². The van der Waals surface area contributed by atoms with E-state index < -0.39 is 29.5 Å². The molecule has 9 aromatic rings. The van der Waals surface area contributed by atoms with Gasteiger partial charge in [-0.2, -0.15) is 0 Å². The number of nitrogens with zero attached hydrogens (tertiary/aromatic N) is 3. The number of methoxy groups -OCH3 is 1. The summed E-state index contributed by atoms with van der Waals surface area (Å²) < 4.78 is 29.2. The molecule has 0 bridgehead atoms. The number of carboxylic acid groups (broad SMARTS) is 1. The number of H-pyrrole nitrogens is 1. The van der Waals surface area contributed by atoms with Crippen LogP contribution in [0.5, 0.6) is 28.7 Å². The van der Waals surface area contributed by atoms with Crippen LogP contribution in [0.3, 0.4) is 0 Å². The zero-order chi connectivity index (χ0) is 71.2. The molecule has 0 saturated heterocycles. The van der Waals surface area contributed by atoms with Gasteiger partial charge in [-0.3, -0.25) is 34.3 Å². The molecule has 19 nitrogen and oxygen atoms in total. The summed E-state index contributed by atoms with van der Waals surface area (Å²) in [4.78, 5) is 67.5. The summed E-state index contributed by atoms with van der Waals surface area (Å²) in [6, 6.07) is 40.8. The number of halogens is 1. The molecule has 98 heavy (non-hydrogen) atoms. The average Bonchev–Trinajstić information content (AvgIpc) is 1.57. The molecule has 7 aromatic carbocycles. The van der Waals surface area contributed by atoms with E-state index >= 15 is 0 Å². The minimum atomic E-state index is -1.15. The number of rotatable bonds is 20. The molecule has 0 unspecified atom stereocenters. The molecule has 0 amide bonds. The summed E-state index contributed by atoms with van der Waals surface area (Å²) in [7, 11) is 1.60. The van der Waals surface area contributed by atoms with Crippen LogP contribution in [0.2, 0.25) is 0 Å². The first-order valence-corrected chi connectivity index (χ1v) is 31.4. The number of phenolic OH excluding ortho intramolecular Hbond substituents is 3. The molecule has 2 heterocycles. The van der Waals surface area contributed by atoms with Gasteiger partial charge in [-0.1, -0.05) is 112 Å². The number of phenols is 3. The smallest absolute Gasteiger partial charge is 0.308 e. The lowest BCUT2D eigenvalue weighted by Crippen LogP contribution is -2.19. The summed E-state index contributed by atoms with van der Waals surface area (Å²) in [5.74, 6) is -0.671. The molecule has 2 aromatic heterocycles. The summed E-state index contributed by atoms with van der Waals surface area (Å²) in [5, 5.41) is 68.6. The zero-order valence-corrected chi connectivity index (χ0v) is 55.3. The van der Waals surface area contributed by atoms with Crippen LogP contribution in [-0.2, 0) is 56.2 Å². The Bertz CT molecular complexity index is 4430. The highest BCUT2D eigenvalue weighted by atomic mass is 19.1. The summed E-state index contributed by atoms with van der Waals surface area (Å²) >= 11 is 0. The fourth-order valence-electron chi connectivity index (χ4n) is 10.9. The Balaban J connectivity index is 0.000000188. The second kappa shape index (κ2) is 35.4. The van der Waals surface area contributed by atoms with Crippen molar-refractivity contribution in [2.45, 2.75) is 105 Å². The van der Waals surface area contributed by atoms with Crippen LogP contribution in [0.4, 0.5) is 10.1 Å². The molecule has 0 aliphatic heterocycles. The number of aromatic nitrogens is 2. The molecule has 0 saturated carbocycles. The number of aliphatic hydroxyl groups is 2. The van der Waals surface area contributed by atoms with Gasteiger partial charge in [0, 0.05) is 98.1 Å². The van der Waals surface area contributed by atoms with E-state index in [2.05, 4.69) is 9.83 Å². The van der Waals surface area contributed by atoms with E-state index in [0.717, 1.165) is 94.7 Å². The number of hydrogen-bond acceptors (Lipinski definition) is 15.